The van der Waals surface area contributed by atoms with Crippen LogP contribution in [0.4, 0.5) is 10.3 Å². The molecule has 0 saturated carbocycles. The van der Waals surface area contributed by atoms with E-state index in [1.807, 2.05) is 30.9 Å². The van der Waals surface area contributed by atoms with E-state index in [2.05, 4.69) is 9.97 Å². The van der Waals surface area contributed by atoms with Crippen LogP contribution in [-0.2, 0) is 0 Å². The van der Waals surface area contributed by atoms with E-state index in [-0.39, 0.29) is 11.9 Å². The van der Waals surface area contributed by atoms with Crippen molar-refractivity contribution < 1.29 is 9.50 Å². The number of nitrogens with zero attached hydrogens (tertiary/aromatic N) is 3. The second kappa shape index (κ2) is 5.41. The molecule has 1 aromatic heterocycles. The van der Waals surface area contributed by atoms with Gasteiger partial charge in [0.25, 0.3) is 0 Å². The Hall–Kier alpha value is -2.01. The maximum Gasteiger partial charge on any atom is 0.226 e. The molecule has 0 unspecified atom stereocenters. The molecule has 1 aromatic carbocycles. The minimum atomic E-state index is -0.456. The van der Waals surface area contributed by atoms with E-state index < -0.39 is 6.10 Å². The third-order valence-electron chi connectivity index (χ3n) is 3.74. The highest BCUT2D eigenvalue weighted by Crippen LogP contribution is 2.35. The lowest BCUT2D eigenvalue weighted by molar-refractivity contribution is 0.194. The number of β-amino-alcohol motifs (C(OH)–C–C–N with tert-alkyl or cyclic N) is 1. The Morgan fingerprint density at radius 2 is 1.90 bits per heavy atom. The van der Waals surface area contributed by atoms with Crippen molar-refractivity contribution in [2.24, 2.45) is 0 Å². The van der Waals surface area contributed by atoms with Crippen molar-refractivity contribution in [2.75, 3.05) is 11.4 Å². The van der Waals surface area contributed by atoms with Gasteiger partial charge in [-0.25, -0.2) is 14.4 Å². The first-order valence-electron chi connectivity index (χ1n) is 7.05. The van der Waals surface area contributed by atoms with Gasteiger partial charge in [0, 0.05) is 17.9 Å². The average molecular weight is 287 g/mol. The lowest BCUT2D eigenvalue weighted by atomic mass is 10.0. The fourth-order valence-electron chi connectivity index (χ4n) is 2.90. The molecular formula is C16H18FN3O. The number of aromatic nitrogens is 2. The highest BCUT2D eigenvalue weighted by Gasteiger charge is 2.34. The van der Waals surface area contributed by atoms with Gasteiger partial charge < -0.3 is 10.0 Å². The molecule has 1 saturated heterocycles. The molecule has 0 radical (unpaired) electrons. The van der Waals surface area contributed by atoms with Crippen LogP contribution in [0.15, 0.2) is 30.3 Å². The van der Waals surface area contributed by atoms with Gasteiger partial charge in [0.15, 0.2) is 0 Å². The van der Waals surface area contributed by atoms with Gasteiger partial charge in [-0.05, 0) is 44.0 Å². The summed E-state index contributed by atoms with van der Waals surface area (Å²) in [5.41, 5.74) is 2.61. The van der Waals surface area contributed by atoms with Gasteiger partial charge in [-0.2, -0.15) is 0 Å². The smallest absolute Gasteiger partial charge is 0.226 e. The molecule has 2 atom stereocenters. The van der Waals surface area contributed by atoms with Crippen LogP contribution in [-0.4, -0.2) is 27.7 Å². The maximum atomic E-state index is 13.5. The number of benzene rings is 1. The van der Waals surface area contributed by atoms with Crippen molar-refractivity contribution in [1.82, 2.24) is 9.97 Å². The van der Waals surface area contributed by atoms with Crippen molar-refractivity contribution in [3.05, 3.63) is 53.1 Å². The van der Waals surface area contributed by atoms with E-state index in [0.29, 0.717) is 18.9 Å². The van der Waals surface area contributed by atoms with E-state index in [0.717, 1.165) is 17.0 Å². The van der Waals surface area contributed by atoms with E-state index in [1.165, 1.54) is 12.1 Å². The summed E-state index contributed by atoms with van der Waals surface area (Å²) in [6.45, 7) is 4.30. The van der Waals surface area contributed by atoms with Gasteiger partial charge in [-0.15, -0.1) is 0 Å². The molecule has 0 bridgehead atoms. The molecule has 0 spiro atoms. The van der Waals surface area contributed by atoms with Crippen molar-refractivity contribution in [3.63, 3.8) is 0 Å². The second-order valence-electron chi connectivity index (χ2n) is 5.56. The minimum Gasteiger partial charge on any atom is -0.391 e. The van der Waals surface area contributed by atoms with Gasteiger partial charge in [0.2, 0.25) is 5.95 Å². The van der Waals surface area contributed by atoms with E-state index in [4.69, 9.17) is 0 Å². The molecule has 1 aliphatic heterocycles. The molecular weight excluding hydrogens is 269 g/mol. The predicted octanol–water partition coefficient (Wildman–Crippen LogP) is 2.54. The van der Waals surface area contributed by atoms with Crippen LogP contribution >= 0.6 is 0 Å². The van der Waals surface area contributed by atoms with E-state index >= 15 is 0 Å². The Morgan fingerprint density at radius 1 is 1.19 bits per heavy atom. The topological polar surface area (TPSA) is 49.2 Å². The predicted molar refractivity (Wildman–Crippen MR) is 78.6 cm³/mol. The quantitative estimate of drug-likeness (QED) is 0.922. The van der Waals surface area contributed by atoms with Gasteiger partial charge >= 0.3 is 0 Å². The van der Waals surface area contributed by atoms with E-state index in [9.17, 15) is 9.50 Å². The van der Waals surface area contributed by atoms with Crippen LogP contribution < -0.4 is 4.90 Å². The zero-order chi connectivity index (χ0) is 15.0. The number of anilines is 1. The summed E-state index contributed by atoms with van der Waals surface area (Å²) in [6, 6.07) is 8.31. The van der Waals surface area contributed by atoms with Crippen molar-refractivity contribution in [3.8, 4) is 0 Å². The van der Waals surface area contributed by atoms with E-state index in [1.54, 1.807) is 6.07 Å². The fraction of sp³-hybridized carbons (Fsp3) is 0.375. The standard InChI is InChI=1S/C16H18FN3O/c1-10-6-11(2)19-16(18-10)20-9-14(21)8-15(20)12-4-3-5-13(17)7-12/h3-7,14-15,21H,8-9H2,1-2H3/t14-,15-/m0/s1. The summed E-state index contributed by atoms with van der Waals surface area (Å²) in [5.74, 6) is 0.327. The normalized spacial score (nSPS) is 21.8. The van der Waals surface area contributed by atoms with Crippen LogP contribution in [0.25, 0.3) is 0 Å². The molecule has 5 heteroatoms. The molecule has 1 N–H and O–H groups in total. The average Bonchev–Trinajstić information content (AvgIpc) is 2.80. The number of hydrogen-bond donors (Lipinski definition) is 1. The largest absolute Gasteiger partial charge is 0.391 e. The van der Waals surface area contributed by atoms with Crippen molar-refractivity contribution in [1.29, 1.82) is 0 Å². The van der Waals surface area contributed by atoms with Crippen LogP contribution in [0.5, 0.6) is 0 Å². The Labute approximate surface area is 123 Å². The Bertz CT molecular complexity index is 641. The Balaban J connectivity index is 1.99. The number of aliphatic hydroxyl groups excluding tert-OH is 1. The highest BCUT2D eigenvalue weighted by molar-refractivity contribution is 5.40. The number of rotatable bonds is 2. The zero-order valence-corrected chi connectivity index (χ0v) is 12.1. The third kappa shape index (κ3) is 2.88. The van der Waals surface area contributed by atoms with Crippen LogP contribution in [0.3, 0.4) is 0 Å². The van der Waals surface area contributed by atoms with Crippen LogP contribution in [0.2, 0.25) is 0 Å². The second-order valence-corrected chi connectivity index (χ2v) is 5.56. The summed E-state index contributed by atoms with van der Waals surface area (Å²) >= 11 is 0. The molecule has 110 valence electrons. The van der Waals surface area contributed by atoms with Crippen LogP contribution in [0.1, 0.15) is 29.4 Å². The first kappa shape index (κ1) is 13.9. The lowest BCUT2D eigenvalue weighted by Crippen LogP contribution is -2.26. The fourth-order valence-corrected chi connectivity index (χ4v) is 2.90. The first-order valence-corrected chi connectivity index (χ1v) is 7.05. The van der Waals surface area contributed by atoms with Gasteiger partial charge in [0.1, 0.15) is 5.82 Å². The summed E-state index contributed by atoms with van der Waals surface area (Å²) < 4.78 is 13.5. The number of hydrogen-bond acceptors (Lipinski definition) is 4. The SMILES string of the molecule is Cc1cc(C)nc(N2C[C@@H](O)C[C@H]2c2cccc(F)c2)n1. The summed E-state index contributed by atoms with van der Waals surface area (Å²) in [5, 5.41) is 10.0. The maximum absolute atomic E-state index is 13.5. The molecule has 4 nitrogen and oxygen atoms in total. The molecule has 21 heavy (non-hydrogen) atoms. The molecule has 2 aromatic rings. The molecule has 2 heterocycles. The highest BCUT2D eigenvalue weighted by atomic mass is 19.1. The third-order valence-corrected chi connectivity index (χ3v) is 3.74. The van der Waals surface area contributed by atoms with Crippen LogP contribution in [0, 0.1) is 19.7 Å². The first-order chi connectivity index (χ1) is 10.0. The van der Waals surface area contributed by atoms with Crippen molar-refractivity contribution >= 4 is 5.95 Å². The lowest BCUT2D eigenvalue weighted by Gasteiger charge is -2.25. The van der Waals surface area contributed by atoms with Crippen molar-refractivity contribution in [2.45, 2.75) is 32.4 Å². The molecule has 1 fully saturated rings. The molecule has 0 aliphatic carbocycles. The zero-order valence-electron chi connectivity index (χ0n) is 12.1. The summed E-state index contributed by atoms with van der Waals surface area (Å²) in [4.78, 5) is 10.9. The summed E-state index contributed by atoms with van der Waals surface area (Å²) in [6.07, 6.45) is 0.0995. The van der Waals surface area contributed by atoms with Gasteiger partial charge in [-0.1, -0.05) is 12.1 Å². The van der Waals surface area contributed by atoms with Gasteiger partial charge in [0.05, 0.1) is 12.1 Å². The number of halogens is 1. The van der Waals surface area contributed by atoms with Gasteiger partial charge in [-0.3, -0.25) is 0 Å². The Morgan fingerprint density at radius 3 is 2.57 bits per heavy atom. The molecule has 3 rings (SSSR count). The molecule has 0 amide bonds. The minimum absolute atomic E-state index is 0.100. The number of aryl methyl sites for hydroxylation is 2. The summed E-state index contributed by atoms with van der Waals surface area (Å²) in [7, 11) is 0. The molecule has 1 aliphatic rings. The Kier molecular flexibility index (Phi) is 3.59. The number of aliphatic hydroxyl groups is 1. The monoisotopic (exact) mass is 287 g/mol.